The third kappa shape index (κ3) is 6.02. The Balaban J connectivity index is 2.58. The molecule has 130 valence electrons. The number of hydrogen-bond acceptors (Lipinski definition) is 6. The van der Waals surface area contributed by atoms with Crippen molar-refractivity contribution in [2.75, 3.05) is 13.2 Å². The second-order valence-corrected chi connectivity index (χ2v) is 5.79. The SMILES string of the molecule is C=C(C)C(=O)OC(CCO)COC(=O)C1CCCCC1C(=O)O. The van der Waals surface area contributed by atoms with Crippen LogP contribution < -0.4 is 0 Å². The van der Waals surface area contributed by atoms with Crippen LogP contribution in [0.3, 0.4) is 0 Å². The van der Waals surface area contributed by atoms with Gasteiger partial charge in [0.05, 0.1) is 11.8 Å². The summed E-state index contributed by atoms with van der Waals surface area (Å²) in [6.07, 6.45) is 1.85. The van der Waals surface area contributed by atoms with Crippen molar-refractivity contribution in [3.05, 3.63) is 12.2 Å². The fourth-order valence-corrected chi connectivity index (χ4v) is 2.56. The minimum atomic E-state index is -0.993. The lowest BCUT2D eigenvalue weighted by Crippen LogP contribution is -2.35. The van der Waals surface area contributed by atoms with Crippen LogP contribution in [-0.4, -0.2) is 47.4 Å². The van der Waals surface area contributed by atoms with E-state index in [2.05, 4.69) is 6.58 Å². The third-order valence-corrected chi connectivity index (χ3v) is 3.87. The number of aliphatic carboxylic acids is 1. The molecule has 7 heteroatoms. The summed E-state index contributed by atoms with van der Waals surface area (Å²) in [5.74, 6) is -3.61. The number of aliphatic hydroxyl groups excluding tert-OH is 1. The van der Waals surface area contributed by atoms with Crippen LogP contribution in [0.1, 0.15) is 39.0 Å². The normalized spacial score (nSPS) is 22.0. The smallest absolute Gasteiger partial charge is 0.333 e. The van der Waals surface area contributed by atoms with Crippen molar-refractivity contribution in [3.8, 4) is 0 Å². The maximum absolute atomic E-state index is 12.1. The fourth-order valence-electron chi connectivity index (χ4n) is 2.56. The molecule has 3 unspecified atom stereocenters. The fraction of sp³-hybridized carbons (Fsp3) is 0.688. The van der Waals surface area contributed by atoms with E-state index in [4.69, 9.17) is 14.6 Å². The molecule has 0 bridgehead atoms. The van der Waals surface area contributed by atoms with Crippen molar-refractivity contribution in [1.82, 2.24) is 0 Å². The lowest BCUT2D eigenvalue weighted by Gasteiger charge is -2.27. The Labute approximate surface area is 135 Å². The first-order chi connectivity index (χ1) is 10.9. The zero-order valence-electron chi connectivity index (χ0n) is 13.3. The molecule has 1 saturated carbocycles. The molecule has 2 N–H and O–H groups in total. The van der Waals surface area contributed by atoms with Gasteiger partial charge in [0.15, 0.2) is 0 Å². The lowest BCUT2D eigenvalue weighted by atomic mass is 9.79. The van der Waals surface area contributed by atoms with Crippen molar-refractivity contribution in [2.45, 2.75) is 45.1 Å². The molecule has 0 aromatic carbocycles. The summed E-state index contributed by atoms with van der Waals surface area (Å²) in [5.41, 5.74) is 0.206. The van der Waals surface area contributed by atoms with E-state index in [-0.39, 0.29) is 25.2 Å². The van der Waals surface area contributed by atoms with Crippen molar-refractivity contribution in [2.24, 2.45) is 11.8 Å². The van der Waals surface area contributed by atoms with Gasteiger partial charge >= 0.3 is 17.9 Å². The van der Waals surface area contributed by atoms with Gasteiger partial charge < -0.3 is 19.7 Å². The number of aliphatic hydroxyl groups is 1. The van der Waals surface area contributed by atoms with E-state index in [1.807, 2.05) is 0 Å². The van der Waals surface area contributed by atoms with Gasteiger partial charge in [-0.1, -0.05) is 19.4 Å². The van der Waals surface area contributed by atoms with Crippen LogP contribution in [0.5, 0.6) is 0 Å². The van der Waals surface area contributed by atoms with E-state index in [1.165, 1.54) is 6.92 Å². The summed E-state index contributed by atoms with van der Waals surface area (Å²) in [5, 5.41) is 18.2. The zero-order valence-corrected chi connectivity index (χ0v) is 13.3. The molecule has 0 aromatic heterocycles. The number of carbonyl (C=O) groups is 3. The summed E-state index contributed by atoms with van der Waals surface area (Å²) in [4.78, 5) is 34.8. The van der Waals surface area contributed by atoms with Gasteiger partial charge in [0.1, 0.15) is 12.7 Å². The van der Waals surface area contributed by atoms with Crippen LogP contribution in [0, 0.1) is 11.8 Å². The number of esters is 2. The van der Waals surface area contributed by atoms with E-state index in [0.29, 0.717) is 12.8 Å². The Hall–Kier alpha value is -1.89. The van der Waals surface area contributed by atoms with Gasteiger partial charge in [0.25, 0.3) is 0 Å². The van der Waals surface area contributed by atoms with Crippen molar-refractivity contribution < 1.29 is 34.1 Å². The summed E-state index contributed by atoms with van der Waals surface area (Å²) in [6, 6.07) is 0. The molecule has 1 rings (SSSR count). The molecule has 3 atom stereocenters. The van der Waals surface area contributed by atoms with Crippen LogP contribution in [0.25, 0.3) is 0 Å². The number of rotatable bonds is 8. The Morgan fingerprint density at radius 2 is 1.83 bits per heavy atom. The largest absolute Gasteiger partial charge is 0.481 e. The van der Waals surface area contributed by atoms with Gasteiger partial charge in [-0.2, -0.15) is 0 Å². The molecule has 0 saturated heterocycles. The first-order valence-corrected chi connectivity index (χ1v) is 7.73. The highest BCUT2D eigenvalue weighted by Gasteiger charge is 2.37. The standard InChI is InChI=1S/C16H24O7/c1-10(2)15(20)23-11(7-8-17)9-22-16(21)13-6-4-3-5-12(13)14(18)19/h11-13,17H,1,3-9H2,2H3,(H,18,19). The van der Waals surface area contributed by atoms with Crippen LogP contribution in [0.2, 0.25) is 0 Å². The summed E-state index contributed by atoms with van der Waals surface area (Å²) in [6.45, 7) is 4.51. The molecule has 0 aliphatic heterocycles. The van der Waals surface area contributed by atoms with E-state index < -0.39 is 35.8 Å². The van der Waals surface area contributed by atoms with Gasteiger partial charge in [0.2, 0.25) is 0 Å². The number of carboxylic acids is 1. The van der Waals surface area contributed by atoms with E-state index in [9.17, 15) is 19.5 Å². The average molecular weight is 328 g/mol. The minimum absolute atomic E-state index is 0.124. The van der Waals surface area contributed by atoms with Gasteiger partial charge in [-0.05, 0) is 19.8 Å². The maximum atomic E-state index is 12.1. The Morgan fingerprint density at radius 1 is 1.22 bits per heavy atom. The van der Waals surface area contributed by atoms with Crippen LogP contribution in [0.4, 0.5) is 0 Å². The Bertz CT molecular complexity index is 457. The molecule has 0 radical (unpaired) electrons. The quantitative estimate of drug-likeness (QED) is 0.510. The molecular weight excluding hydrogens is 304 g/mol. The van der Waals surface area contributed by atoms with E-state index in [0.717, 1.165) is 12.8 Å². The number of carboxylic acid groups (broad SMARTS) is 1. The van der Waals surface area contributed by atoms with Gasteiger partial charge in [-0.3, -0.25) is 9.59 Å². The Kier molecular flexibility index (Phi) is 7.74. The van der Waals surface area contributed by atoms with Crippen molar-refractivity contribution in [3.63, 3.8) is 0 Å². The molecule has 23 heavy (non-hydrogen) atoms. The highest BCUT2D eigenvalue weighted by molar-refractivity contribution is 5.87. The second-order valence-electron chi connectivity index (χ2n) is 5.79. The molecule has 1 aliphatic carbocycles. The van der Waals surface area contributed by atoms with E-state index >= 15 is 0 Å². The minimum Gasteiger partial charge on any atom is -0.481 e. The first kappa shape index (κ1) is 19.2. The number of hydrogen-bond donors (Lipinski definition) is 2. The van der Waals surface area contributed by atoms with Gasteiger partial charge in [0, 0.05) is 18.6 Å². The molecule has 0 amide bonds. The zero-order chi connectivity index (χ0) is 17.4. The van der Waals surface area contributed by atoms with Crippen LogP contribution in [0.15, 0.2) is 12.2 Å². The van der Waals surface area contributed by atoms with Gasteiger partial charge in [-0.15, -0.1) is 0 Å². The highest BCUT2D eigenvalue weighted by Crippen LogP contribution is 2.31. The van der Waals surface area contributed by atoms with Crippen LogP contribution >= 0.6 is 0 Å². The topological polar surface area (TPSA) is 110 Å². The van der Waals surface area contributed by atoms with E-state index in [1.54, 1.807) is 0 Å². The maximum Gasteiger partial charge on any atom is 0.333 e. The van der Waals surface area contributed by atoms with Crippen molar-refractivity contribution >= 4 is 17.9 Å². The second kappa shape index (κ2) is 9.29. The summed E-state index contributed by atoms with van der Waals surface area (Å²) >= 11 is 0. The first-order valence-electron chi connectivity index (χ1n) is 7.73. The molecule has 1 fully saturated rings. The predicted octanol–water partition coefficient (Wildman–Crippen LogP) is 1.29. The number of ether oxygens (including phenoxy) is 2. The predicted molar refractivity (Wildman–Crippen MR) is 80.4 cm³/mol. The monoisotopic (exact) mass is 328 g/mol. The highest BCUT2D eigenvalue weighted by atomic mass is 16.6. The molecule has 7 nitrogen and oxygen atoms in total. The summed E-state index contributed by atoms with van der Waals surface area (Å²) in [7, 11) is 0. The molecule has 1 aliphatic rings. The van der Waals surface area contributed by atoms with Crippen molar-refractivity contribution in [1.29, 1.82) is 0 Å². The number of carbonyl (C=O) groups excluding carboxylic acids is 2. The molecule has 0 heterocycles. The molecular formula is C16H24O7. The Morgan fingerprint density at radius 3 is 2.35 bits per heavy atom. The lowest BCUT2D eigenvalue weighted by molar-refractivity contribution is -0.165. The summed E-state index contributed by atoms with van der Waals surface area (Å²) < 4.78 is 10.2. The van der Waals surface area contributed by atoms with Crippen LogP contribution in [-0.2, 0) is 23.9 Å². The molecule has 0 aromatic rings. The molecule has 0 spiro atoms. The third-order valence-electron chi connectivity index (χ3n) is 3.87. The van der Waals surface area contributed by atoms with Gasteiger partial charge in [-0.25, -0.2) is 4.79 Å². The average Bonchev–Trinajstić information content (AvgIpc) is 2.52.